The summed E-state index contributed by atoms with van der Waals surface area (Å²) in [5, 5.41) is 13.3. The van der Waals surface area contributed by atoms with Crippen LogP contribution in [0.4, 0.5) is 0 Å². The Hall–Kier alpha value is -1.96. The van der Waals surface area contributed by atoms with Crippen molar-refractivity contribution in [2.24, 2.45) is 0 Å². The van der Waals surface area contributed by atoms with Crippen molar-refractivity contribution in [1.29, 1.82) is 0 Å². The molecule has 1 aliphatic rings. The van der Waals surface area contributed by atoms with E-state index in [1.165, 1.54) is 4.80 Å². The molecule has 0 radical (unpaired) electrons. The maximum absolute atomic E-state index is 6.19. The monoisotopic (exact) mass is 406 g/mol. The zero-order valence-electron chi connectivity index (χ0n) is 12.4. The first-order valence-corrected chi connectivity index (χ1v) is 8.42. The third-order valence-electron chi connectivity index (χ3n) is 3.63. The molecular formula is C16H12BrClN4O2. The molecule has 2 aromatic carbocycles. The van der Waals surface area contributed by atoms with Crippen LogP contribution < -0.4 is 4.74 Å². The SMILES string of the molecule is Clc1cc2c(c(Cn3nnc(-c4ccccc4Br)n3)c1)OCOC2. The molecule has 0 atom stereocenters. The predicted octanol–water partition coefficient (Wildman–Crippen LogP) is 3.67. The maximum Gasteiger partial charge on any atom is 0.206 e. The fourth-order valence-corrected chi connectivity index (χ4v) is 3.31. The quantitative estimate of drug-likeness (QED) is 0.663. The van der Waals surface area contributed by atoms with Crippen LogP contribution in [0, 0.1) is 0 Å². The van der Waals surface area contributed by atoms with E-state index in [1.807, 2.05) is 36.4 Å². The summed E-state index contributed by atoms with van der Waals surface area (Å²) >= 11 is 9.69. The van der Waals surface area contributed by atoms with Crippen molar-refractivity contribution in [3.8, 4) is 17.1 Å². The number of rotatable bonds is 3. The first-order chi connectivity index (χ1) is 11.7. The number of aromatic nitrogens is 4. The Kier molecular flexibility index (Phi) is 4.22. The molecule has 24 heavy (non-hydrogen) atoms. The average Bonchev–Trinajstić information content (AvgIpc) is 3.03. The van der Waals surface area contributed by atoms with Crippen molar-refractivity contribution < 1.29 is 9.47 Å². The van der Waals surface area contributed by atoms with Gasteiger partial charge in [-0.1, -0.05) is 39.7 Å². The Balaban J connectivity index is 1.66. The molecular weight excluding hydrogens is 396 g/mol. The molecule has 0 bridgehead atoms. The van der Waals surface area contributed by atoms with E-state index in [2.05, 4.69) is 31.3 Å². The van der Waals surface area contributed by atoms with Gasteiger partial charge in [0.1, 0.15) is 5.75 Å². The lowest BCUT2D eigenvalue weighted by Crippen LogP contribution is -2.15. The van der Waals surface area contributed by atoms with E-state index in [4.69, 9.17) is 21.1 Å². The summed E-state index contributed by atoms with van der Waals surface area (Å²) in [6.45, 7) is 1.13. The lowest BCUT2D eigenvalue weighted by atomic mass is 10.1. The van der Waals surface area contributed by atoms with E-state index in [-0.39, 0.29) is 6.79 Å². The molecule has 0 unspecified atom stereocenters. The van der Waals surface area contributed by atoms with Gasteiger partial charge < -0.3 is 9.47 Å². The average molecular weight is 408 g/mol. The van der Waals surface area contributed by atoms with Crippen LogP contribution >= 0.6 is 27.5 Å². The largest absolute Gasteiger partial charge is 0.467 e. The molecule has 1 aliphatic heterocycles. The van der Waals surface area contributed by atoms with Crippen LogP contribution in [0.2, 0.25) is 5.02 Å². The molecule has 0 saturated carbocycles. The third-order valence-corrected chi connectivity index (χ3v) is 4.54. The van der Waals surface area contributed by atoms with E-state index >= 15 is 0 Å². The van der Waals surface area contributed by atoms with Crippen LogP contribution in [0.3, 0.4) is 0 Å². The second-order valence-corrected chi connectivity index (χ2v) is 6.58. The minimum atomic E-state index is 0.231. The summed E-state index contributed by atoms with van der Waals surface area (Å²) in [4.78, 5) is 1.53. The highest BCUT2D eigenvalue weighted by atomic mass is 79.9. The number of tetrazole rings is 1. The fourth-order valence-electron chi connectivity index (χ4n) is 2.59. The highest BCUT2D eigenvalue weighted by Gasteiger charge is 2.18. The van der Waals surface area contributed by atoms with Crippen molar-refractivity contribution in [3.63, 3.8) is 0 Å². The van der Waals surface area contributed by atoms with E-state index in [9.17, 15) is 0 Å². The van der Waals surface area contributed by atoms with Gasteiger partial charge in [0.15, 0.2) is 6.79 Å². The normalized spacial score (nSPS) is 13.4. The second-order valence-electron chi connectivity index (χ2n) is 5.29. The maximum atomic E-state index is 6.19. The fraction of sp³-hybridized carbons (Fsp3) is 0.188. The summed E-state index contributed by atoms with van der Waals surface area (Å²) in [6, 6.07) is 11.5. The smallest absolute Gasteiger partial charge is 0.206 e. The minimum Gasteiger partial charge on any atom is -0.467 e. The Bertz CT molecular complexity index is 900. The topological polar surface area (TPSA) is 62.1 Å². The summed E-state index contributed by atoms with van der Waals surface area (Å²) in [5.41, 5.74) is 2.72. The van der Waals surface area contributed by atoms with Crippen LogP contribution in [-0.4, -0.2) is 27.0 Å². The zero-order valence-corrected chi connectivity index (χ0v) is 14.8. The summed E-state index contributed by atoms with van der Waals surface area (Å²) in [7, 11) is 0. The molecule has 122 valence electrons. The number of hydrogen-bond acceptors (Lipinski definition) is 5. The predicted molar refractivity (Wildman–Crippen MR) is 91.8 cm³/mol. The Morgan fingerprint density at radius 2 is 2.12 bits per heavy atom. The van der Waals surface area contributed by atoms with Crippen LogP contribution in [-0.2, 0) is 17.9 Å². The van der Waals surface area contributed by atoms with Gasteiger partial charge in [-0.3, -0.25) is 0 Å². The van der Waals surface area contributed by atoms with Crippen LogP contribution in [0.1, 0.15) is 11.1 Å². The van der Waals surface area contributed by atoms with E-state index < -0.39 is 0 Å². The van der Waals surface area contributed by atoms with E-state index in [1.54, 1.807) is 0 Å². The van der Waals surface area contributed by atoms with Gasteiger partial charge in [-0.2, -0.15) is 4.80 Å². The van der Waals surface area contributed by atoms with Gasteiger partial charge in [0.05, 0.1) is 13.2 Å². The molecule has 2 heterocycles. The highest BCUT2D eigenvalue weighted by molar-refractivity contribution is 9.10. The van der Waals surface area contributed by atoms with Crippen molar-refractivity contribution in [2.75, 3.05) is 6.79 Å². The Morgan fingerprint density at radius 1 is 1.25 bits per heavy atom. The molecule has 0 amide bonds. The number of nitrogens with zero attached hydrogens (tertiary/aromatic N) is 4. The van der Waals surface area contributed by atoms with Gasteiger partial charge in [0, 0.05) is 26.2 Å². The first kappa shape index (κ1) is 15.6. The van der Waals surface area contributed by atoms with Crippen molar-refractivity contribution in [2.45, 2.75) is 13.2 Å². The zero-order chi connectivity index (χ0) is 16.5. The molecule has 1 aromatic heterocycles. The Labute approximate surface area is 151 Å². The van der Waals surface area contributed by atoms with Gasteiger partial charge in [-0.15, -0.1) is 10.2 Å². The van der Waals surface area contributed by atoms with Gasteiger partial charge in [-0.25, -0.2) is 0 Å². The number of ether oxygens (including phenoxy) is 2. The lowest BCUT2D eigenvalue weighted by molar-refractivity contribution is -0.0171. The summed E-state index contributed by atoms with van der Waals surface area (Å²) < 4.78 is 11.8. The van der Waals surface area contributed by atoms with Crippen molar-refractivity contribution in [1.82, 2.24) is 20.2 Å². The highest BCUT2D eigenvalue weighted by Crippen LogP contribution is 2.32. The summed E-state index contributed by atoms with van der Waals surface area (Å²) in [6.07, 6.45) is 0. The third kappa shape index (κ3) is 3.02. The molecule has 8 heteroatoms. The number of fused-ring (bicyclic) bond motifs is 1. The van der Waals surface area contributed by atoms with Gasteiger partial charge in [0.2, 0.25) is 5.82 Å². The number of halogens is 2. The van der Waals surface area contributed by atoms with Gasteiger partial charge >= 0.3 is 0 Å². The Morgan fingerprint density at radius 3 is 3.00 bits per heavy atom. The molecule has 0 N–H and O–H groups in total. The van der Waals surface area contributed by atoms with Crippen LogP contribution in [0.5, 0.6) is 5.75 Å². The van der Waals surface area contributed by atoms with Crippen molar-refractivity contribution in [3.05, 3.63) is 57.0 Å². The summed E-state index contributed by atoms with van der Waals surface area (Å²) in [5.74, 6) is 1.34. The molecule has 0 fully saturated rings. The van der Waals surface area contributed by atoms with E-state index in [0.717, 1.165) is 26.9 Å². The minimum absolute atomic E-state index is 0.231. The van der Waals surface area contributed by atoms with Crippen LogP contribution in [0.25, 0.3) is 11.4 Å². The molecule has 3 aromatic rings. The van der Waals surface area contributed by atoms with Gasteiger partial charge in [-0.05, 0) is 29.5 Å². The van der Waals surface area contributed by atoms with E-state index in [0.29, 0.717) is 24.0 Å². The molecule has 6 nitrogen and oxygen atoms in total. The van der Waals surface area contributed by atoms with Gasteiger partial charge in [0.25, 0.3) is 0 Å². The second kappa shape index (κ2) is 6.51. The standard InChI is InChI=1S/C16H12BrClN4O2/c17-14-4-2-1-3-13(14)16-19-21-22(20-16)7-10-5-12(18)6-11-8-23-9-24-15(10)11/h1-6H,7-9H2. The molecule has 0 spiro atoms. The van der Waals surface area contributed by atoms with Crippen LogP contribution in [0.15, 0.2) is 40.9 Å². The molecule has 4 rings (SSSR count). The number of hydrogen-bond donors (Lipinski definition) is 0. The first-order valence-electron chi connectivity index (χ1n) is 7.25. The molecule has 0 aliphatic carbocycles. The number of benzene rings is 2. The lowest BCUT2D eigenvalue weighted by Gasteiger charge is -2.20. The molecule has 0 saturated heterocycles. The van der Waals surface area contributed by atoms with Crippen molar-refractivity contribution >= 4 is 27.5 Å².